The third kappa shape index (κ3) is 3.30. The minimum absolute atomic E-state index is 0.419. The lowest BCUT2D eigenvalue weighted by molar-refractivity contribution is 0.128. The van der Waals surface area contributed by atoms with E-state index in [-0.39, 0.29) is 0 Å². The van der Waals surface area contributed by atoms with Gasteiger partial charge in [0, 0.05) is 38.9 Å². The van der Waals surface area contributed by atoms with Crippen LogP contribution in [0.4, 0.5) is 11.6 Å². The Bertz CT molecular complexity index is 390. The molecule has 0 aliphatic carbocycles. The highest BCUT2D eigenvalue weighted by atomic mass is 16.5. The maximum absolute atomic E-state index is 5.82. The minimum Gasteiger partial charge on any atom is -0.384 e. The molecule has 0 aromatic carbocycles. The first-order chi connectivity index (χ1) is 8.69. The van der Waals surface area contributed by atoms with Crippen molar-refractivity contribution in [2.75, 3.05) is 50.5 Å². The first-order valence-electron chi connectivity index (χ1n) is 6.33. The van der Waals surface area contributed by atoms with Crippen LogP contribution in [0.5, 0.6) is 0 Å². The Balaban J connectivity index is 2.09. The van der Waals surface area contributed by atoms with Crippen LogP contribution >= 0.6 is 0 Å². The summed E-state index contributed by atoms with van der Waals surface area (Å²) in [7, 11) is 2.13. The summed E-state index contributed by atoms with van der Waals surface area (Å²) in [5, 5.41) is 0. The van der Waals surface area contributed by atoms with Gasteiger partial charge in [0.25, 0.3) is 0 Å². The van der Waals surface area contributed by atoms with E-state index >= 15 is 0 Å². The predicted octanol–water partition coefficient (Wildman–Crippen LogP) is 0.347. The Kier molecular flexibility index (Phi) is 4.33. The lowest BCUT2D eigenvalue weighted by atomic mass is 10.3. The molecule has 6 heteroatoms. The molecule has 2 N–H and O–H groups in total. The van der Waals surface area contributed by atoms with Crippen molar-refractivity contribution in [2.24, 2.45) is 0 Å². The molecule has 18 heavy (non-hydrogen) atoms. The van der Waals surface area contributed by atoms with Crippen molar-refractivity contribution in [2.45, 2.75) is 13.5 Å². The number of hydrogen-bond donors (Lipinski definition) is 1. The fourth-order valence-corrected chi connectivity index (χ4v) is 1.96. The first-order valence-corrected chi connectivity index (χ1v) is 6.33. The van der Waals surface area contributed by atoms with Crippen molar-refractivity contribution in [1.29, 1.82) is 0 Å². The number of nitrogens with zero attached hydrogens (tertiary/aromatic N) is 4. The fourth-order valence-electron chi connectivity index (χ4n) is 1.96. The molecule has 1 aromatic rings. The van der Waals surface area contributed by atoms with Gasteiger partial charge >= 0.3 is 0 Å². The summed E-state index contributed by atoms with van der Waals surface area (Å²) in [5.74, 6) is 2.07. The number of anilines is 2. The number of aromatic nitrogens is 2. The molecular formula is C12H21N5O. The van der Waals surface area contributed by atoms with Crippen molar-refractivity contribution >= 4 is 11.6 Å². The van der Waals surface area contributed by atoms with Crippen molar-refractivity contribution in [1.82, 2.24) is 14.9 Å². The van der Waals surface area contributed by atoms with E-state index in [2.05, 4.69) is 26.8 Å². The maximum atomic E-state index is 5.82. The van der Waals surface area contributed by atoms with Crippen LogP contribution in [0.3, 0.4) is 0 Å². The lowest BCUT2D eigenvalue weighted by Crippen LogP contribution is -2.45. The van der Waals surface area contributed by atoms with Gasteiger partial charge in [0.05, 0.1) is 0 Å². The number of nitrogen functional groups attached to an aromatic ring is 1. The molecule has 1 aliphatic heterocycles. The van der Waals surface area contributed by atoms with Gasteiger partial charge in [-0.25, -0.2) is 9.97 Å². The molecule has 0 atom stereocenters. The second-order valence-electron chi connectivity index (χ2n) is 4.49. The average molecular weight is 251 g/mol. The molecule has 0 spiro atoms. The largest absolute Gasteiger partial charge is 0.384 e. The van der Waals surface area contributed by atoms with Crippen molar-refractivity contribution in [3.8, 4) is 0 Å². The lowest BCUT2D eigenvalue weighted by Gasteiger charge is -2.33. The van der Waals surface area contributed by atoms with Crippen LogP contribution in [0.1, 0.15) is 12.7 Å². The van der Waals surface area contributed by atoms with Crippen molar-refractivity contribution in [3.05, 3.63) is 11.9 Å². The van der Waals surface area contributed by atoms with Gasteiger partial charge in [0.2, 0.25) is 0 Å². The van der Waals surface area contributed by atoms with Gasteiger partial charge < -0.3 is 20.3 Å². The molecule has 0 amide bonds. The Labute approximate surface area is 108 Å². The molecular weight excluding hydrogens is 230 g/mol. The topological polar surface area (TPSA) is 67.5 Å². The van der Waals surface area contributed by atoms with E-state index in [1.165, 1.54) is 0 Å². The van der Waals surface area contributed by atoms with Crippen molar-refractivity contribution < 1.29 is 4.74 Å². The predicted molar refractivity (Wildman–Crippen MR) is 71.5 cm³/mol. The summed E-state index contributed by atoms with van der Waals surface area (Å²) in [5.41, 5.74) is 5.82. The molecule has 0 radical (unpaired) electrons. The summed E-state index contributed by atoms with van der Waals surface area (Å²) >= 11 is 0. The minimum atomic E-state index is 0.419. The van der Waals surface area contributed by atoms with Gasteiger partial charge in [0.1, 0.15) is 18.2 Å². The van der Waals surface area contributed by atoms with Gasteiger partial charge in [-0.3, -0.25) is 0 Å². The number of rotatable bonds is 4. The van der Waals surface area contributed by atoms with E-state index in [1.807, 2.05) is 13.0 Å². The molecule has 2 rings (SSSR count). The fraction of sp³-hybridized carbons (Fsp3) is 0.667. The van der Waals surface area contributed by atoms with E-state index in [0.29, 0.717) is 24.9 Å². The van der Waals surface area contributed by atoms with Crippen LogP contribution < -0.4 is 10.6 Å². The number of ether oxygens (including phenoxy) is 1. The summed E-state index contributed by atoms with van der Waals surface area (Å²) in [6.07, 6.45) is 0. The summed E-state index contributed by atoms with van der Waals surface area (Å²) in [4.78, 5) is 13.2. The Morgan fingerprint density at radius 1 is 1.28 bits per heavy atom. The number of likely N-dealkylation sites (N-methyl/N-ethyl adjacent to an activating group) is 1. The number of nitrogens with two attached hydrogens (primary N) is 1. The molecule has 1 fully saturated rings. The smallest absolute Gasteiger partial charge is 0.158 e. The quantitative estimate of drug-likeness (QED) is 0.832. The van der Waals surface area contributed by atoms with Gasteiger partial charge in [-0.2, -0.15) is 0 Å². The van der Waals surface area contributed by atoms with Crippen LogP contribution in [0.15, 0.2) is 6.07 Å². The van der Waals surface area contributed by atoms with Crippen molar-refractivity contribution in [3.63, 3.8) is 0 Å². The monoisotopic (exact) mass is 251 g/mol. The van der Waals surface area contributed by atoms with E-state index in [0.717, 1.165) is 32.0 Å². The molecule has 100 valence electrons. The van der Waals surface area contributed by atoms with Gasteiger partial charge in [-0.05, 0) is 14.0 Å². The van der Waals surface area contributed by atoms with E-state index in [1.54, 1.807) is 0 Å². The Morgan fingerprint density at radius 3 is 2.67 bits per heavy atom. The van der Waals surface area contributed by atoms with Gasteiger partial charge in [0.15, 0.2) is 5.82 Å². The summed E-state index contributed by atoms with van der Waals surface area (Å²) < 4.78 is 5.33. The SMILES string of the molecule is CCOCc1nc(N)cc(N2CCN(C)CC2)n1. The summed E-state index contributed by atoms with van der Waals surface area (Å²) in [6, 6.07) is 1.83. The third-order valence-corrected chi connectivity index (χ3v) is 3.04. The zero-order valence-electron chi connectivity index (χ0n) is 11.1. The van der Waals surface area contributed by atoms with Crippen LogP contribution in [0.2, 0.25) is 0 Å². The normalized spacial score (nSPS) is 17.1. The molecule has 1 aromatic heterocycles. The van der Waals surface area contributed by atoms with E-state index in [4.69, 9.17) is 10.5 Å². The Hall–Kier alpha value is -1.40. The molecule has 2 heterocycles. The number of piperazine rings is 1. The van der Waals surface area contributed by atoms with Crippen LogP contribution in [0.25, 0.3) is 0 Å². The molecule has 6 nitrogen and oxygen atoms in total. The van der Waals surface area contributed by atoms with Crippen LogP contribution in [0, 0.1) is 0 Å². The highest BCUT2D eigenvalue weighted by Crippen LogP contribution is 2.16. The highest BCUT2D eigenvalue weighted by molar-refractivity contribution is 5.47. The molecule has 1 aliphatic rings. The standard InChI is InChI=1S/C12H21N5O/c1-3-18-9-11-14-10(13)8-12(15-11)17-6-4-16(2)5-7-17/h8H,3-7,9H2,1-2H3,(H2,13,14,15). The van der Waals surface area contributed by atoms with E-state index in [9.17, 15) is 0 Å². The first kappa shape index (κ1) is 13.0. The third-order valence-electron chi connectivity index (χ3n) is 3.04. The Morgan fingerprint density at radius 2 is 2.00 bits per heavy atom. The molecule has 0 bridgehead atoms. The maximum Gasteiger partial charge on any atom is 0.158 e. The number of hydrogen-bond acceptors (Lipinski definition) is 6. The molecule has 0 unspecified atom stereocenters. The second-order valence-corrected chi connectivity index (χ2v) is 4.49. The van der Waals surface area contributed by atoms with Crippen LogP contribution in [-0.4, -0.2) is 54.7 Å². The summed E-state index contributed by atoms with van der Waals surface area (Å²) in [6.45, 7) is 7.06. The van der Waals surface area contributed by atoms with Gasteiger partial charge in [-0.15, -0.1) is 0 Å². The molecule has 0 saturated carbocycles. The zero-order valence-corrected chi connectivity index (χ0v) is 11.1. The molecule has 1 saturated heterocycles. The highest BCUT2D eigenvalue weighted by Gasteiger charge is 2.16. The average Bonchev–Trinajstić information content (AvgIpc) is 2.36. The zero-order chi connectivity index (χ0) is 13.0. The van der Waals surface area contributed by atoms with E-state index < -0.39 is 0 Å². The van der Waals surface area contributed by atoms with Crippen LogP contribution in [-0.2, 0) is 11.3 Å². The van der Waals surface area contributed by atoms with Gasteiger partial charge in [-0.1, -0.05) is 0 Å². The second kappa shape index (κ2) is 5.97.